The van der Waals surface area contributed by atoms with Crippen molar-refractivity contribution in [3.8, 4) is 11.4 Å². The lowest BCUT2D eigenvalue weighted by atomic mass is 9.87. The summed E-state index contributed by atoms with van der Waals surface area (Å²) >= 11 is 0. The summed E-state index contributed by atoms with van der Waals surface area (Å²) in [5.41, 5.74) is 1.66. The number of rotatable bonds is 4. The van der Waals surface area contributed by atoms with Gasteiger partial charge in [-0.1, -0.05) is 0 Å². The summed E-state index contributed by atoms with van der Waals surface area (Å²) in [7, 11) is 0. The Bertz CT molecular complexity index is 1330. The van der Waals surface area contributed by atoms with Gasteiger partial charge in [-0.05, 0) is 62.8 Å². The van der Waals surface area contributed by atoms with E-state index in [1.807, 2.05) is 17.2 Å². The van der Waals surface area contributed by atoms with Gasteiger partial charge in [0.15, 0.2) is 11.5 Å². The summed E-state index contributed by atoms with van der Waals surface area (Å²) in [6.07, 6.45) is 8.15. The van der Waals surface area contributed by atoms with Crippen molar-refractivity contribution in [1.29, 1.82) is 0 Å². The van der Waals surface area contributed by atoms with Crippen molar-refractivity contribution in [1.82, 2.24) is 29.8 Å². The fourth-order valence-electron chi connectivity index (χ4n) is 5.24. The maximum atomic E-state index is 14.5. The molecule has 1 atom stereocenters. The molecule has 4 heterocycles. The molecule has 0 amide bonds. The van der Waals surface area contributed by atoms with E-state index >= 15 is 0 Å². The summed E-state index contributed by atoms with van der Waals surface area (Å²) in [6.45, 7) is 0.700. The second-order valence-electron chi connectivity index (χ2n) is 9.18. The average molecular weight is 466 g/mol. The number of benzene rings is 1. The van der Waals surface area contributed by atoms with Crippen molar-refractivity contribution >= 4 is 11.5 Å². The van der Waals surface area contributed by atoms with Crippen LogP contribution < -0.4 is 4.90 Å². The van der Waals surface area contributed by atoms with E-state index in [1.54, 1.807) is 10.7 Å². The molecular weight excluding hydrogens is 440 g/mol. The third-order valence-electron chi connectivity index (χ3n) is 7.05. The Kier molecular flexibility index (Phi) is 5.24. The van der Waals surface area contributed by atoms with Gasteiger partial charge >= 0.3 is 0 Å². The largest absolute Gasteiger partial charge is 0.393 e. The minimum atomic E-state index is -0.447. The second-order valence-corrected chi connectivity index (χ2v) is 9.18. The lowest BCUT2D eigenvalue weighted by Crippen LogP contribution is -2.24. The van der Waals surface area contributed by atoms with Crippen LogP contribution in [0.3, 0.4) is 0 Å². The minimum Gasteiger partial charge on any atom is -0.393 e. The number of nitrogens with one attached hydrogen (secondary N) is 1. The smallest absolute Gasteiger partial charge is 0.186 e. The molecule has 0 bridgehead atoms. The van der Waals surface area contributed by atoms with Crippen LogP contribution in [0, 0.1) is 11.6 Å². The van der Waals surface area contributed by atoms with E-state index in [9.17, 15) is 13.9 Å². The van der Waals surface area contributed by atoms with Gasteiger partial charge in [0.05, 0.1) is 23.9 Å². The fourth-order valence-corrected chi connectivity index (χ4v) is 5.24. The fraction of sp³-hybridized carbons (Fsp3) is 0.417. The molecule has 3 aromatic heterocycles. The summed E-state index contributed by atoms with van der Waals surface area (Å²) in [6, 6.07) is 5.16. The summed E-state index contributed by atoms with van der Waals surface area (Å²) in [5.74, 6) is 1.41. The lowest BCUT2D eigenvalue weighted by molar-refractivity contribution is 0.121. The van der Waals surface area contributed by atoms with Crippen LogP contribution in [0.1, 0.15) is 61.9 Å². The van der Waals surface area contributed by atoms with E-state index < -0.39 is 11.6 Å². The normalized spacial score (nSPS) is 23.1. The number of anilines is 1. The van der Waals surface area contributed by atoms with Crippen LogP contribution in [-0.4, -0.2) is 47.5 Å². The number of aromatic nitrogens is 6. The Hall–Kier alpha value is -3.40. The van der Waals surface area contributed by atoms with Gasteiger partial charge in [-0.25, -0.2) is 23.3 Å². The maximum absolute atomic E-state index is 14.5. The number of aromatic amines is 1. The lowest BCUT2D eigenvalue weighted by Gasteiger charge is -2.26. The predicted molar refractivity (Wildman–Crippen MR) is 121 cm³/mol. The first-order valence-electron chi connectivity index (χ1n) is 11.7. The first kappa shape index (κ1) is 21.2. The minimum absolute atomic E-state index is 0.226. The first-order chi connectivity index (χ1) is 16.6. The number of hydrogen-bond acceptors (Lipinski definition) is 6. The predicted octanol–water partition coefficient (Wildman–Crippen LogP) is 4.15. The van der Waals surface area contributed by atoms with E-state index in [-0.39, 0.29) is 18.1 Å². The third-order valence-corrected chi connectivity index (χ3v) is 7.05. The number of halogens is 2. The monoisotopic (exact) mass is 465 g/mol. The third kappa shape index (κ3) is 3.71. The molecule has 0 radical (unpaired) electrons. The molecule has 1 aliphatic carbocycles. The number of fused-ring (bicyclic) bond motifs is 1. The van der Waals surface area contributed by atoms with Crippen LogP contribution in [0.15, 0.2) is 36.7 Å². The van der Waals surface area contributed by atoms with E-state index in [0.717, 1.165) is 50.4 Å². The van der Waals surface area contributed by atoms with Crippen molar-refractivity contribution < 1.29 is 13.9 Å². The first-order valence-corrected chi connectivity index (χ1v) is 11.7. The van der Waals surface area contributed by atoms with Gasteiger partial charge < -0.3 is 10.0 Å². The Balaban J connectivity index is 1.32. The highest BCUT2D eigenvalue weighted by atomic mass is 19.1. The summed E-state index contributed by atoms with van der Waals surface area (Å²) < 4.78 is 30.0. The van der Waals surface area contributed by atoms with Crippen molar-refractivity contribution in [3.05, 3.63) is 59.7 Å². The zero-order valence-corrected chi connectivity index (χ0v) is 18.5. The molecule has 1 aliphatic heterocycles. The highest BCUT2D eigenvalue weighted by Gasteiger charge is 2.30. The summed E-state index contributed by atoms with van der Waals surface area (Å²) in [5, 5.41) is 21.6. The van der Waals surface area contributed by atoms with Crippen LogP contribution in [-0.2, 0) is 0 Å². The van der Waals surface area contributed by atoms with Gasteiger partial charge in [0.2, 0.25) is 0 Å². The molecule has 34 heavy (non-hydrogen) atoms. The zero-order chi connectivity index (χ0) is 23.2. The number of hydrogen-bond donors (Lipinski definition) is 2. The molecule has 0 unspecified atom stereocenters. The number of nitrogens with zero attached hydrogens (tertiary/aromatic N) is 6. The zero-order valence-electron chi connectivity index (χ0n) is 18.5. The van der Waals surface area contributed by atoms with Crippen LogP contribution in [0.2, 0.25) is 0 Å². The van der Waals surface area contributed by atoms with E-state index in [4.69, 9.17) is 9.97 Å². The summed E-state index contributed by atoms with van der Waals surface area (Å²) in [4.78, 5) is 11.6. The van der Waals surface area contributed by atoms with Crippen LogP contribution in [0.25, 0.3) is 17.0 Å². The Morgan fingerprint density at radius 3 is 2.74 bits per heavy atom. The highest BCUT2D eigenvalue weighted by molar-refractivity contribution is 5.73. The Labute approximate surface area is 194 Å². The highest BCUT2D eigenvalue weighted by Crippen LogP contribution is 2.37. The topological polar surface area (TPSA) is 95.2 Å². The molecular formula is C24H25F2N7O. The van der Waals surface area contributed by atoms with E-state index in [2.05, 4.69) is 15.3 Å². The average Bonchev–Trinajstić information content (AvgIpc) is 3.60. The Morgan fingerprint density at radius 2 is 1.88 bits per heavy atom. The molecule has 176 valence electrons. The van der Waals surface area contributed by atoms with Crippen LogP contribution in [0.5, 0.6) is 0 Å². The number of aliphatic hydroxyl groups excluding tert-OH is 1. The molecule has 2 aliphatic rings. The van der Waals surface area contributed by atoms with Crippen molar-refractivity contribution in [2.75, 3.05) is 11.4 Å². The molecule has 6 rings (SSSR count). The van der Waals surface area contributed by atoms with Crippen LogP contribution >= 0.6 is 0 Å². The van der Waals surface area contributed by atoms with Crippen molar-refractivity contribution in [2.24, 2.45) is 0 Å². The molecule has 1 saturated heterocycles. The molecule has 1 aromatic carbocycles. The van der Waals surface area contributed by atoms with Crippen molar-refractivity contribution in [2.45, 2.75) is 56.6 Å². The SMILES string of the molecule is OC1CCC(c2nc(-c3cnn4ccc(N5CCC[C@@H]5c5cc(F)ccc5F)nc34)n[nH]2)CC1. The molecule has 4 aromatic rings. The molecule has 8 nitrogen and oxygen atoms in total. The van der Waals surface area contributed by atoms with E-state index in [0.29, 0.717) is 35.0 Å². The van der Waals surface area contributed by atoms with Gasteiger partial charge in [0, 0.05) is 24.2 Å². The van der Waals surface area contributed by atoms with Crippen LogP contribution in [0.4, 0.5) is 14.6 Å². The van der Waals surface area contributed by atoms with Gasteiger partial charge in [-0.3, -0.25) is 5.10 Å². The van der Waals surface area contributed by atoms with Gasteiger partial charge in [0.1, 0.15) is 23.3 Å². The standard InChI is InChI=1S/C24H25F2N7O/c25-15-5-8-19(26)17(12-15)20-2-1-10-32(20)21-9-11-33-24(28-21)18(13-27-33)23-29-22(30-31-23)14-3-6-16(34)7-4-14/h5,8-9,11-14,16,20,34H,1-4,6-7,10H2,(H,29,30,31)/t14?,16?,20-/m1/s1. The van der Waals surface area contributed by atoms with Gasteiger partial charge in [-0.15, -0.1) is 0 Å². The number of aliphatic hydroxyl groups is 1. The van der Waals surface area contributed by atoms with E-state index in [1.165, 1.54) is 12.1 Å². The number of H-pyrrole nitrogens is 1. The molecule has 10 heteroatoms. The van der Waals surface area contributed by atoms with Crippen molar-refractivity contribution in [3.63, 3.8) is 0 Å². The second kappa shape index (κ2) is 8.43. The maximum Gasteiger partial charge on any atom is 0.186 e. The molecule has 2 N–H and O–H groups in total. The molecule has 2 fully saturated rings. The van der Waals surface area contributed by atoms with Gasteiger partial charge in [-0.2, -0.15) is 10.2 Å². The quantitative estimate of drug-likeness (QED) is 0.470. The molecule has 0 spiro atoms. The Morgan fingerprint density at radius 1 is 1.03 bits per heavy atom. The van der Waals surface area contributed by atoms with Gasteiger partial charge in [0.25, 0.3) is 0 Å². The molecule has 1 saturated carbocycles.